The maximum Gasteiger partial charge on any atom is 0.338 e. The minimum Gasteiger partial charge on any atom is -0.465 e. The SMILES string of the molecule is CCOC(=O)c1cccc(NC(=O)N2CCc3onc(C(=O)NCc4ccc(C)o4)c3C2)c1. The molecule has 172 valence electrons. The fourth-order valence-corrected chi connectivity index (χ4v) is 3.53. The summed E-state index contributed by atoms with van der Waals surface area (Å²) in [7, 11) is 0. The van der Waals surface area contributed by atoms with Crippen molar-refractivity contribution in [2.75, 3.05) is 18.5 Å². The number of hydrogen-bond donors (Lipinski definition) is 2. The van der Waals surface area contributed by atoms with Crippen LogP contribution in [-0.4, -0.2) is 41.1 Å². The monoisotopic (exact) mass is 452 g/mol. The van der Waals surface area contributed by atoms with Gasteiger partial charge in [-0.15, -0.1) is 0 Å². The summed E-state index contributed by atoms with van der Waals surface area (Å²) in [5, 5.41) is 9.46. The van der Waals surface area contributed by atoms with Gasteiger partial charge in [0.1, 0.15) is 17.3 Å². The molecule has 0 unspecified atom stereocenters. The molecule has 33 heavy (non-hydrogen) atoms. The van der Waals surface area contributed by atoms with E-state index in [0.717, 1.165) is 5.76 Å². The standard InChI is InChI=1S/C23H24N4O6/c1-3-31-22(29)15-5-4-6-16(11-15)25-23(30)27-10-9-19-18(13-27)20(26-33-19)21(28)24-12-17-8-7-14(2)32-17/h4-8,11H,3,9-10,12-13H2,1-2H3,(H,24,28)(H,25,30). The van der Waals surface area contributed by atoms with Crippen LogP contribution in [0.3, 0.4) is 0 Å². The largest absolute Gasteiger partial charge is 0.465 e. The zero-order valence-electron chi connectivity index (χ0n) is 18.3. The lowest BCUT2D eigenvalue weighted by atomic mass is 10.1. The van der Waals surface area contributed by atoms with Gasteiger partial charge in [0, 0.05) is 24.2 Å². The minimum atomic E-state index is -0.457. The summed E-state index contributed by atoms with van der Waals surface area (Å²) < 4.78 is 15.8. The lowest BCUT2D eigenvalue weighted by Crippen LogP contribution is -2.39. The molecule has 3 amide bonds. The molecule has 0 atom stereocenters. The molecule has 0 bridgehead atoms. The van der Waals surface area contributed by atoms with Crippen molar-refractivity contribution in [1.82, 2.24) is 15.4 Å². The van der Waals surface area contributed by atoms with Crippen molar-refractivity contribution in [3.8, 4) is 0 Å². The number of nitrogens with zero attached hydrogens (tertiary/aromatic N) is 2. The first kappa shape index (κ1) is 22.1. The zero-order valence-corrected chi connectivity index (χ0v) is 18.3. The molecule has 10 nitrogen and oxygen atoms in total. The summed E-state index contributed by atoms with van der Waals surface area (Å²) in [6.07, 6.45) is 0.434. The number of aromatic nitrogens is 1. The highest BCUT2D eigenvalue weighted by Crippen LogP contribution is 2.23. The van der Waals surface area contributed by atoms with Gasteiger partial charge in [-0.2, -0.15) is 0 Å². The number of urea groups is 1. The van der Waals surface area contributed by atoms with Crippen LogP contribution in [0.5, 0.6) is 0 Å². The van der Waals surface area contributed by atoms with E-state index in [0.29, 0.717) is 41.3 Å². The second-order valence-electron chi connectivity index (χ2n) is 7.53. The number of esters is 1. The van der Waals surface area contributed by atoms with Gasteiger partial charge in [0.05, 0.1) is 25.3 Å². The summed E-state index contributed by atoms with van der Waals surface area (Å²) in [6, 6.07) is 9.77. The van der Waals surface area contributed by atoms with Gasteiger partial charge in [0.25, 0.3) is 5.91 Å². The van der Waals surface area contributed by atoms with Gasteiger partial charge in [-0.1, -0.05) is 11.2 Å². The molecule has 0 aliphatic carbocycles. The number of rotatable bonds is 6. The number of aryl methyl sites for hydroxylation is 1. The van der Waals surface area contributed by atoms with Crippen LogP contribution in [0.15, 0.2) is 45.3 Å². The lowest BCUT2D eigenvalue weighted by molar-refractivity contribution is 0.0526. The summed E-state index contributed by atoms with van der Waals surface area (Å²) in [6.45, 7) is 4.61. The average Bonchev–Trinajstić information content (AvgIpc) is 3.43. The van der Waals surface area contributed by atoms with Crippen LogP contribution in [0.25, 0.3) is 0 Å². The van der Waals surface area contributed by atoms with Crippen molar-refractivity contribution in [3.63, 3.8) is 0 Å². The first-order valence-corrected chi connectivity index (χ1v) is 10.6. The van der Waals surface area contributed by atoms with E-state index >= 15 is 0 Å². The average molecular weight is 452 g/mol. The second-order valence-corrected chi connectivity index (χ2v) is 7.53. The summed E-state index contributed by atoms with van der Waals surface area (Å²) in [5.74, 6) is 1.11. The smallest absolute Gasteiger partial charge is 0.338 e. The molecular weight excluding hydrogens is 428 g/mol. The Balaban J connectivity index is 1.40. The zero-order chi connectivity index (χ0) is 23.4. The van der Waals surface area contributed by atoms with Gasteiger partial charge in [-0.25, -0.2) is 9.59 Å². The molecule has 2 aromatic heterocycles. The molecule has 0 saturated carbocycles. The number of carbonyl (C=O) groups is 3. The van der Waals surface area contributed by atoms with E-state index in [2.05, 4.69) is 15.8 Å². The number of anilines is 1. The highest BCUT2D eigenvalue weighted by molar-refractivity contribution is 5.95. The van der Waals surface area contributed by atoms with Gasteiger partial charge < -0.3 is 29.2 Å². The van der Waals surface area contributed by atoms with E-state index in [1.165, 1.54) is 0 Å². The van der Waals surface area contributed by atoms with E-state index in [9.17, 15) is 14.4 Å². The van der Waals surface area contributed by atoms with Gasteiger partial charge in [-0.05, 0) is 44.2 Å². The Morgan fingerprint density at radius 1 is 1.21 bits per heavy atom. The van der Waals surface area contributed by atoms with E-state index in [-0.39, 0.29) is 31.4 Å². The molecule has 1 aliphatic rings. The quantitative estimate of drug-likeness (QED) is 0.550. The summed E-state index contributed by atoms with van der Waals surface area (Å²) >= 11 is 0. The fraction of sp³-hybridized carbons (Fsp3) is 0.304. The van der Waals surface area contributed by atoms with Crippen molar-refractivity contribution in [3.05, 3.63) is 70.5 Å². The van der Waals surface area contributed by atoms with Crippen molar-refractivity contribution >= 4 is 23.6 Å². The van der Waals surface area contributed by atoms with Crippen LogP contribution >= 0.6 is 0 Å². The molecule has 1 aliphatic heterocycles. The van der Waals surface area contributed by atoms with E-state index in [1.54, 1.807) is 42.2 Å². The Morgan fingerprint density at radius 3 is 2.82 bits per heavy atom. The normalized spacial score (nSPS) is 12.7. The van der Waals surface area contributed by atoms with Crippen molar-refractivity contribution < 1.29 is 28.1 Å². The van der Waals surface area contributed by atoms with Gasteiger partial charge in [0.15, 0.2) is 5.69 Å². The maximum absolute atomic E-state index is 12.8. The van der Waals surface area contributed by atoms with Gasteiger partial charge in [0.2, 0.25) is 0 Å². The highest BCUT2D eigenvalue weighted by atomic mass is 16.5. The number of benzene rings is 1. The molecule has 0 fully saturated rings. The molecule has 10 heteroatoms. The second kappa shape index (κ2) is 9.60. The highest BCUT2D eigenvalue weighted by Gasteiger charge is 2.30. The Labute approximate surface area is 189 Å². The van der Waals surface area contributed by atoms with E-state index in [4.69, 9.17) is 13.7 Å². The van der Waals surface area contributed by atoms with E-state index in [1.807, 2.05) is 13.0 Å². The molecule has 0 spiro atoms. The van der Waals surface area contributed by atoms with Crippen molar-refractivity contribution in [2.45, 2.75) is 33.4 Å². The Morgan fingerprint density at radius 2 is 2.06 bits per heavy atom. The van der Waals surface area contributed by atoms with Crippen LogP contribution in [-0.2, 0) is 24.2 Å². The number of nitrogens with one attached hydrogen (secondary N) is 2. The number of ether oxygens (including phenoxy) is 1. The Hall–Kier alpha value is -4.08. The summed E-state index contributed by atoms with van der Waals surface area (Å²) in [5.41, 5.74) is 1.54. The minimum absolute atomic E-state index is 0.148. The third kappa shape index (κ3) is 5.05. The van der Waals surface area contributed by atoms with Gasteiger partial charge >= 0.3 is 12.0 Å². The molecule has 0 radical (unpaired) electrons. The number of furan rings is 1. The molecule has 4 rings (SSSR count). The predicted octanol–water partition coefficient (Wildman–Crippen LogP) is 3.27. The van der Waals surface area contributed by atoms with Crippen LogP contribution < -0.4 is 10.6 Å². The maximum atomic E-state index is 12.8. The predicted molar refractivity (Wildman–Crippen MR) is 117 cm³/mol. The summed E-state index contributed by atoms with van der Waals surface area (Å²) in [4.78, 5) is 39.0. The third-order valence-corrected chi connectivity index (χ3v) is 5.17. The molecule has 3 heterocycles. The lowest BCUT2D eigenvalue weighted by Gasteiger charge is -2.26. The van der Waals surface area contributed by atoms with Gasteiger partial charge in [-0.3, -0.25) is 4.79 Å². The molecule has 2 N–H and O–H groups in total. The van der Waals surface area contributed by atoms with Crippen LogP contribution in [0, 0.1) is 6.92 Å². The number of carbonyl (C=O) groups excluding carboxylic acids is 3. The van der Waals surface area contributed by atoms with Crippen molar-refractivity contribution in [1.29, 1.82) is 0 Å². The molecule has 3 aromatic rings. The molecular formula is C23H24N4O6. The third-order valence-electron chi connectivity index (χ3n) is 5.17. The van der Waals surface area contributed by atoms with E-state index < -0.39 is 11.9 Å². The van der Waals surface area contributed by atoms with Crippen molar-refractivity contribution in [2.24, 2.45) is 0 Å². The Bertz CT molecular complexity index is 1180. The van der Waals surface area contributed by atoms with Crippen LogP contribution in [0.1, 0.15) is 50.6 Å². The molecule has 0 saturated heterocycles. The molecule has 1 aromatic carbocycles. The number of hydrogen-bond acceptors (Lipinski definition) is 7. The Kier molecular flexibility index (Phi) is 6.43. The first-order valence-electron chi connectivity index (χ1n) is 10.6. The number of fused-ring (bicyclic) bond motifs is 1. The topological polar surface area (TPSA) is 127 Å². The fourth-order valence-electron chi connectivity index (χ4n) is 3.53. The number of amides is 3. The first-order chi connectivity index (χ1) is 15.9. The van der Waals surface area contributed by atoms with Crippen LogP contribution in [0.4, 0.5) is 10.5 Å². The van der Waals surface area contributed by atoms with Crippen LogP contribution in [0.2, 0.25) is 0 Å².